The zero-order valence-electron chi connectivity index (χ0n) is 46.4. The first-order valence-corrected chi connectivity index (χ1v) is 21.1. The van der Waals surface area contributed by atoms with Gasteiger partial charge in [0.2, 0.25) is 0 Å². The number of hydrogen-bond acceptors (Lipinski definition) is 1. The van der Waals surface area contributed by atoms with Crippen LogP contribution in [0.4, 0.5) is 5.69 Å². The summed E-state index contributed by atoms with van der Waals surface area (Å²) in [6.07, 6.45) is 7.25. The number of para-hydroxylation sites is 4. The Kier molecular flexibility index (Phi) is 8.93. The fourth-order valence-corrected chi connectivity index (χ4v) is 8.19. The largest absolute Gasteiger partial charge is 0.677 e. The molecule has 8 aromatic carbocycles. The summed E-state index contributed by atoms with van der Waals surface area (Å²) < 4.78 is 92.8. The van der Waals surface area contributed by atoms with Gasteiger partial charge in [-0.2, -0.15) is 29.8 Å². The van der Waals surface area contributed by atoms with Crippen LogP contribution in [0.15, 0.2) is 206 Å². The first-order chi connectivity index (χ1) is 35.3. The van der Waals surface area contributed by atoms with Gasteiger partial charge in [0, 0.05) is 44.6 Å². The van der Waals surface area contributed by atoms with E-state index in [4.69, 9.17) is 24.0 Å². The minimum atomic E-state index is -0.867. The second kappa shape index (κ2) is 17.8. The Labute approximate surface area is 411 Å². The van der Waals surface area contributed by atoms with Gasteiger partial charge in [-0.15, -0.1) is 11.2 Å². The van der Waals surface area contributed by atoms with Crippen molar-refractivity contribution in [2.24, 2.45) is 0 Å². The van der Waals surface area contributed by atoms with Gasteiger partial charge in [0.1, 0.15) is 5.82 Å². The molecular weight excluding hydrogens is 974 g/mol. The molecular formula is C59H49N5Pt-2. The number of hydrogen-bond donors (Lipinski definition) is 0. The van der Waals surface area contributed by atoms with Gasteiger partial charge >= 0.3 is 0 Å². The van der Waals surface area contributed by atoms with E-state index in [1.54, 1.807) is 33.5 Å². The molecule has 10 rings (SSSR count). The summed E-state index contributed by atoms with van der Waals surface area (Å²) in [6.45, 7) is 10.7. The predicted molar refractivity (Wildman–Crippen MR) is 263 cm³/mol. The summed E-state index contributed by atoms with van der Waals surface area (Å²) >= 11 is 0. The van der Waals surface area contributed by atoms with Crippen molar-refractivity contribution < 1.29 is 39.3 Å². The van der Waals surface area contributed by atoms with Gasteiger partial charge in [0.25, 0.3) is 6.33 Å². The molecule has 0 unspecified atom stereocenters. The maximum absolute atomic E-state index is 9.05. The van der Waals surface area contributed by atoms with Crippen LogP contribution in [0.2, 0.25) is 0 Å². The average molecular weight is 1030 g/mol. The Balaban J connectivity index is 0.00000689. The monoisotopic (exact) mass is 1030 g/mol. The van der Waals surface area contributed by atoms with Crippen LogP contribution in [-0.2, 0) is 32.0 Å². The predicted octanol–water partition coefficient (Wildman–Crippen LogP) is 14.6. The fourth-order valence-electron chi connectivity index (χ4n) is 8.19. The van der Waals surface area contributed by atoms with Gasteiger partial charge in [0.05, 0.1) is 36.1 Å². The SMILES string of the molecule is [2H]c1c([2H])c([2H])c(-c2cccc(-c3c([2H])c([2H])c([2H])c([2H])c3[2H])c2-[n+]2[c-]n(-c3[c-]c(C(C)(C)[N-]c4ccccc4-c4nccn4-c4ccc(C(C)(C)C)cc4-c4ccccc4)ccc3)c3ccccc32)c([2H])c1[2H].[Pt]. The molecule has 65 heavy (non-hydrogen) atoms. The smallest absolute Gasteiger partial charge is 0.268 e. The molecule has 0 spiro atoms. The van der Waals surface area contributed by atoms with Crippen molar-refractivity contribution in [3.63, 3.8) is 0 Å². The van der Waals surface area contributed by atoms with Gasteiger partial charge in [0.15, 0.2) is 0 Å². The molecule has 0 N–H and O–H groups in total. The van der Waals surface area contributed by atoms with Crippen molar-refractivity contribution in [3.05, 3.63) is 235 Å². The standard InChI is InChI=1S/C59H49N5.Pt/c1-58(2,3)45-35-36-53(51(40-45)44-25-13-8-14-26-44)62-38-37-60-57(62)50-29-15-16-32-52(50)61-59(4,5)46-27-19-28-47(39-46)63-41-64(55-34-18-17-33-54(55)63)56-48(42-21-9-6-10-22-42)30-20-31-49(56)43-23-11-7-12-24-43;/h6-38,40H,1-5H3;/q-2;/i6D,7D,9D,10D,11D,12D,21D,22D,23D,24D;. The fraction of sp³-hybridized carbons (Fsp3) is 0.119. The topological polar surface area (TPSA) is 40.7 Å². The third-order valence-electron chi connectivity index (χ3n) is 11.4. The van der Waals surface area contributed by atoms with E-state index in [2.05, 4.69) is 68.1 Å². The summed E-state index contributed by atoms with van der Waals surface area (Å²) in [7, 11) is 0. The summed E-state index contributed by atoms with van der Waals surface area (Å²) in [5.41, 5.74) is 7.73. The van der Waals surface area contributed by atoms with E-state index >= 15 is 0 Å². The molecule has 5 nitrogen and oxygen atoms in total. The van der Waals surface area contributed by atoms with Crippen LogP contribution in [0.3, 0.4) is 0 Å². The Morgan fingerprint density at radius 1 is 0.615 bits per heavy atom. The van der Waals surface area contributed by atoms with Gasteiger partial charge < -0.3 is 9.88 Å². The first kappa shape index (κ1) is 32.6. The molecule has 0 aliphatic heterocycles. The molecule has 0 fully saturated rings. The summed E-state index contributed by atoms with van der Waals surface area (Å²) in [5, 5.41) is 5.42. The molecule has 0 radical (unpaired) electrons. The molecule has 0 saturated heterocycles. The summed E-state index contributed by atoms with van der Waals surface area (Å²) in [5.74, 6) is 0.725. The number of aromatic nitrogens is 4. The van der Waals surface area contributed by atoms with Crippen molar-refractivity contribution in [2.75, 3.05) is 0 Å². The molecule has 0 bridgehead atoms. The second-order valence-corrected chi connectivity index (χ2v) is 17.1. The van der Waals surface area contributed by atoms with Crippen molar-refractivity contribution in [3.8, 4) is 61.8 Å². The van der Waals surface area contributed by atoms with Gasteiger partial charge in [-0.05, 0) is 56.6 Å². The first-order valence-electron chi connectivity index (χ1n) is 26.1. The number of fused-ring (bicyclic) bond motifs is 1. The molecule has 10 aromatic rings. The van der Waals surface area contributed by atoms with E-state index in [1.807, 2.05) is 105 Å². The minimum absolute atomic E-state index is 0. The number of imidazole rings is 2. The van der Waals surface area contributed by atoms with Crippen LogP contribution in [0.1, 0.15) is 59.5 Å². The normalized spacial score (nSPS) is 13.8. The van der Waals surface area contributed by atoms with E-state index in [1.165, 1.54) is 5.56 Å². The summed E-state index contributed by atoms with van der Waals surface area (Å²) in [4.78, 5) is 4.93. The van der Waals surface area contributed by atoms with Gasteiger partial charge in [-0.3, -0.25) is 9.13 Å². The van der Waals surface area contributed by atoms with Crippen LogP contribution in [0, 0.1) is 12.4 Å². The maximum Gasteiger partial charge on any atom is 0.268 e. The Hall–Kier alpha value is -7.07. The van der Waals surface area contributed by atoms with E-state index < -0.39 is 66.0 Å². The third-order valence-corrected chi connectivity index (χ3v) is 11.4. The number of rotatable bonds is 10. The van der Waals surface area contributed by atoms with Crippen molar-refractivity contribution >= 4 is 16.7 Å². The van der Waals surface area contributed by atoms with Crippen molar-refractivity contribution in [1.29, 1.82) is 0 Å². The molecule has 2 heterocycles. The molecule has 2 aromatic heterocycles. The quantitative estimate of drug-likeness (QED) is 0.0994. The molecule has 0 amide bonds. The van der Waals surface area contributed by atoms with Crippen LogP contribution in [0.25, 0.3) is 78.2 Å². The van der Waals surface area contributed by atoms with Crippen molar-refractivity contribution in [1.82, 2.24) is 14.1 Å². The van der Waals surface area contributed by atoms with Crippen LogP contribution in [0.5, 0.6) is 0 Å². The van der Waals surface area contributed by atoms with E-state index in [0.29, 0.717) is 16.7 Å². The molecule has 0 atom stereocenters. The zero-order valence-corrected chi connectivity index (χ0v) is 38.7. The minimum Gasteiger partial charge on any atom is -0.677 e. The molecule has 6 heteroatoms. The van der Waals surface area contributed by atoms with Gasteiger partial charge in [-0.25, -0.2) is 4.98 Å². The summed E-state index contributed by atoms with van der Waals surface area (Å²) in [6, 6.07) is 41.3. The number of benzene rings is 8. The molecule has 0 saturated carbocycles. The van der Waals surface area contributed by atoms with Crippen LogP contribution in [-0.4, -0.2) is 14.1 Å². The third kappa shape index (κ3) is 8.41. The van der Waals surface area contributed by atoms with E-state index in [-0.39, 0.29) is 54.4 Å². The Bertz CT molecular complexity index is 3720. The second-order valence-electron chi connectivity index (χ2n) is 17.1. The van der Waals surface area contributed by atoms with Crippen LogP contribution < -0.4 is 4.57 Å². The Morgan fingerprint density at radius 2 is 1.25 bits per heavy atom. The molecule has 0 aliphatic rings. The van der Waals surface area contributed by atoms with E-state index in [0.717, 1.165) is 39.5 Å². The Morgan fingerprint density at radius 3 is 1.95 bits per heavy atom. The molecule has 0 aliphatic carbocycles. The number of nitrogens with zero attached hydrogens (tertiary/aromatic N) is 5. The van der Waals surface area contributed by atoms with E-state index in [9.17, 15) is 0 Å². The zero-order chi connectivity index (χ0) is 52.5. The maximum atomic E-state index is 9.05. The van der Waals surface area contributed by atoms with Crippen LogP contribution >= 0.6 is 0 Å². The average Bonchev–Trinajstić information content (AvgIpc) is 4.06. The van der Waals surface area contributed by atoms with Crippen molar-refractivity contribution in [2.45, 2.75) is 45.6 Å². The van der Waals surface area contributed by atoms with Gasteiger partial charge in [-0.1, -0.05) is 198 Å². The molecule has 322 valence electrons.